The largest absolute Gasteiger partial charge is 0.298 e. The number of anilines is 1. The summed E-state index contributed by atoms with van der Waals surface area (Å²) in [6.07, 6.45) is 1.45. The lowest BCUT2D eigenvalue weighted by atomic mass is 10.2. The van der Waals surface area contributed by atoms with Gasteiger partial charge in [-0.1, -0.05) is 25.2 Å². The number of nitrogens with zero attached hydrogens (tertiary/aromatic N) is 3. The molecule has 0 aliphatic rings. The first-order chi connectivity index (χ1) is 14.8. The van der Waals surface area contributed by atoms with Crippen molar-refractivity contribution < 1.29 is 18.1 Å². The monoisotopic (exact) mass is 462 g/mol. The minimum absolute atomic E-state index is 0.106. The molecule has 0 aliphatic carbocycles. The van der Waals surface area contributed by atoms with Gasteiger partial charge in [0.1, 0.15) is 0 Å². The summed E-state index contributed by atoms with van der Waals surface area (Å²) in [5, 5.41) is 13.7. The summed E-state index contributed by atoms with van der Waals surface area (Å²) in [6.45, 7) is 4.77. The van der Waals surface area contributed by atoms with Crippen LogP contribution < -0.4 is 5.32 Å². The highest BCUT2D eigenvalue weighted by Crippen LogP contribution is 2.29. The van der Waals surface area contributed by atoms with Crippen molar-refractivity contribution in [3.05, 3.63) is 58.1 Å². The van der Waals surface area contributed by atoms with Gasteiger partial charge in [-0.2, -0.15) is 4.31 Å². The number of amides is 1. The molecular formula is C20H22N4O5S2. The van der Waals surface area contributed by atoms with Crippen LogP contribution in [0.3, 0.4) is 0 Å². The smallest absolute Gasteiger partial charge is 0.269 e. The molecule has 11 heteroatoms. The number of nitrogens with one attached hydrogen (secondary N) is 1. The van der Waals surface area contributed by atoms with Crippen LogP contribution in [0.4, 0.5) is 10.8 Å². The number of benzene rings is 2. The third-order valence-corrected chi connectivity index (χ3v) is 7.33. The molecule has 1 amide bonds. The fraction of sp³-hybridized carbons (Fsp3) is 0.300. The molecule has 2 aromatic carbocycles. The van der Waals surface area contributed by atoms with Gasteiger partial charge >= 0.3 is 0 Å². The summed E-state index contributed by atoms with van der Waals surface area (Å²) in [5.41, 5.74) is 0.717. The van der Waals surface area contributed by atoms with Crippen molar-refractivity contribution in [3.8, 4) is 0 Å². The second-order valence-corrected chi connectivity index (χ2v) is 9.78. The number of aromatic nitrogens is 1. The molecule has 0 saturated heterocycles. The van der Waals surface area contributed by atoms with Gasteiger partial charge in [0.05, 0.1) is 20.0 Å². The maximum Gasteiger partial charge on any atom is 0.269 e. The molecule has 164 valence electrons. The number of thiazole rings is 1. The Labute approximate surface area is 183 Å². The highest BCUT2D eigenvalue weighted by molar-refractivity contribution is 7.89. The highest BCUT2D eigenvalue weighted by Gasteiger charge is 2.24. The van der Waals surface area contributed by atoms with Crippen molar-refractivity contribution in [2.75, 3.05) is 18.4 Å². The lowest BCUT2D eigenvalue weighted by Crippen LogP contribution is -2.32. The lowest BCUT2D eigenvalue weighted by molar-refractivity contribution is -0.384. The van der Waals surface area contributed by atoms with Gasteiger partial charge in [0.15, 0.2) is 5.13 Å². The van der Waals surface area contributed by atoms with Gasteiger partial charge in [-0.25, -0.2) is 13.4 Å². The third kappa shape index (κ3) is 5.06. The van der Waals surface area contributed by atoms with E-state index in [9.17, 15) is 23.3 Å². The number of nitro groups is 1. The van der Waals surface area contributed by atoms with Crippen LogP contribution >= 0.6 is 11.3 Å². The molecule has 1 heterocycles. The number of carbonyl (C=O) groups is 1. The number of nitro benzene ring substituents is 1. The van der Waals surface area contributed by atoms with Crippen LogP contribution in [-0.2, 0) is 10.0 Å². The van der Waals surface area contributed by atoms with Gasteiger partial charge in [-0.15, -0.1) is 0 Å². The zero-order valence-electron chi connectivity index (χ0n) is 17.1. The molecule has 0 aliphatic heterocycles. The van der Waals surface area contributed by atoms with E-state index in [1.165, 1.54) is 34.6 Å². The molecule has 31 heavy (non-hydrogen) atoms. The third-order valence-electron chi connectivity index (χ3n) is 4.50. The van der Waals surface area contributed by atoms with E-state index < -0.39 is 20.9 Å². The summed E-state index contributed by atoms with van der Waals surface area (Å²) in [5.74, 6) is -0.459. The van der Waals surface area contributed by atoms with Gasteiger partial charge in [-0.3, -0.25) is 20.2 Å². The molecule has 0 bridgehead atoms. The number of carbonyl (C=O) groups excluding carboxylic acids is 1. The maximum atomic E-state index is 13.0. The van der Waals surface area contributed by atoms with Crippen LogP contribution in [0, 0.1) is 10.1 Å². The highest BCUT2D eigenvalue weighted by atomic mass is 32.2. The molecule has 0 fully saturated rings. The van der Waals surface area contributed by atoms with E-state index in [0.717, 1.165) is 24.2 Å². The summed E-state index contributed by atoms with van der Waals surface area (Å²) >= 11 is 1.16. The number of non-ortho nitro benzene ring substituents is 1. The quantitative estimate of drug-likeness (QED) is 0.374. The van der Waals surface area contributed by atoms with Crippen LogP contribution in [0.15, 0.2) is 47.4 Å². The summed E-state index contributed by atoms with van der Waals surface area (Å²) < 4.78 is 28.1. The Balaban J connectivity index is 1.83. The first-order valence-corrected chi connectivity index (χ1v) is 12.0. The predicted octanol–water partition coefficient (Wildman–Crippen LogP) is 4.27. The molecule has 1 aromatic heterocycles. The van der Waals surface area contributed by atoms with Crippen LogP contribution in [0.25, 0.3) is 10.2 Å². The predicted molar refractivity (Wildman–Crippen MR) is 120 cm³/mol. The maximum absolute atomic E-state index is 13.0. The van der Waals surface area contributed by atoms with E-state index >= 15 is 0 Å². The molecule has 0 saturated carbocycles. The molecule has 1 N–H and O–H groups in total. The Bertz CT molecular complexity index is 1200. The van der Waals surface area contributed by atoms with E-state index in [4.69, 9.17) is 0 Å². The van der Waals surface area contributed by atoms with Gasteiger partial charge in [0, 0.05) is 30.8 Å². The lowest BCUT2D eigenvalue weighted by Gasteiger charge is -2.20. The van der Waals surface area contributed by atoms with E-state index in [2.05, 4.69) is 10.3 Å². The molecular weight excluding hydrogens is 440 g/mol. The second-order valence-electron chi connectivity index (χ2n) is 6.81. The molecule has 0 atom stereocenters. The normalized spacial score (nSPS) is 11.7. The Morgan fingerprint density at radius 2 is 1.77 bits per heavy atom. The van der Waals surface area contributed by atoms with E-state index in [1.54, 1.807) is 12.1 Å². The van der Waals surface area contributed by atoms with Crippen molar-refractivity contribution in [1.29, 1.82) is 0 Å². The van der Waals surface area contributed by atoms with Gasteiger partial charge in [0.2, 0.25) is 10.0 Å². The fourth-order valence-corrected chi connectivity index (χ4v) is 5.65. The SMILES string of the molecule is CCCN(CCC)S(=O)(=O)c1ccc2nc(NC(=O)c3ccc([N+](=O)[O-])cc3)sc2c1. The summed E-state index contributed by atoms with van der Waals surface area (Å²) in [7, 11) is -3.61. The topological polar surface area (TPSA) is 123 Å². The Morgan fingerprint density at radius 3 is 2.35 bits per heavy atom. The molecule has 3 aromatic rings. The van der Waals surface area contributed by atoms with E-state index in [0.29, 0.717) is 28.4 Å². The fourth-order valence-electron chi connectivity index (χ4n) is 3.02. The zero-order chi connectivity index (χ0) is 22.6. The Kier molecular flexibility index (Phi) is 6.98. The van der Waals surface area contributed by atoms with Crippen molar-refractivity contribution >= 4 is 48.3 Å². The molecule has 0 radical (unpaired) electrons. The van der Waals surface area contributed by atoms with Gasteiger partial charge in [-0.05, 0) is 43.2 Å². The summed E-state index contributed by atoms with van der Waals surface area (Å²) in [4.78, 5) is 27.1. The number of rotatable bonds is 9. The summed E-state index contributed by atoms with van der Waals surface area (Å²) in [6, 6.07) is 9.95. The first-order valence-electron chi connectivity index (χ1n) is 9.72. The van der Waals surface area contributed by atoms with Crippen LogP contribution in [0.5, 0.6) is 0 Å². The standard InChI is InChI=1S/C20H22N4O5S2/c1-3-11-23(12-4-2)31(28,29)16-9-10-17-18(13-16)30-20(21-17)22-19(25)14-5-7-15(8-6-14)24(26)27/h5-10,13H,3-4,11-12H2,1-2H3,(H,21,22,25). The van der Waals surface area contributed by atoms with Crippen LogP contribution in [0.1, 0.15) is 37.0 Å². The van der Waals surface area contributed by atoms with Crippen molar-refractivity contribution in [1.82, 2.24) is 9.29 Å². The average molecular weight is 463 g/mol. The van der Waals surface area contributed by atoms with Gasteiger partial charge in [0.25, 0.3) is 11.6 Å². The van der Waals surface area contributed by atoms with Crippen molar-refractivity contribution in [2.45, 2.75) is 31.6 Å². The van der Waals surface area contributed by atoms with E-state index in [1.807, 2.05) is 13.8 Å². The van der Waals surface area contributed by atoms with Gasteiger partial charge < -0.3 is 0 Å². The minimum atomic E-state index is -3.61. The Hall–Kier alpha value is -2.89. The number of hydrogen-bond donors (Lipinski definition) is 1. The van der Waals surface area contributed by atoms with Crippen molar-refractivity contribution in [2.24, 2.45) is 0 Å². The molecule has 3 rings (SSSR count). The number of sulfonamides is 1. The number of fused-ring (bicyclic) bond motifs is 1. The molecule has 0 spiro atoms. The van der Waals surface area contributed by atoms with Crippen LogP contribution in [-0.4, -0.2) is 41.6 Å². The Morgan fingerprint density at radius 1 is 1.13 bits per heavy atom. The van der Waals surface area contributed by atoms with Crippen molar-refractivity contribution in [3.63, 3.8) is 0 Å². The molecule has 9 nitrogen and oxygen atoms in total. The first kappa shape index (κ1) is 22.8. The average Bonchev–Trinajstić information content (AvgIpc) is 3.15. The van der Waals surface area contributed by atoms with E-state index in [-0.39, 0.29) is 16.1 Å². The minimum Gasteiger partial charge on any atom is -0.298 e. The molecule has 0 unspecified atom stereocenters. The number of hydrogen-bond acceptors (Lipinski definition) is 7. The zero-order valence-corrected chi connectivity index (χ0v) is 18.7. The second kappa shape index (κ2) is 9.50. The van der Waals surface area contributed by atoms with Crippen LogP contribution in [0.2, 0.25) is 0 Å².